The highest BCUT2D eigenvalue weighted by Crippen LogP contribution is 2.27. The molecular weight excluding hydrogens is 282 g/mol. The van der Waals surface area contributed by atoms with E-state index in [0.717, 1.165) is 47.5 Å². The number of thiazole rings is 1. The number of aryl methyl sites for hydroxylation is 2. The molecule has 0 amide bonds. The fraction of sp³-hybridized carbons (Fsp3) is 0.533. The van der Waals surface area contributed by atoms with Crippen molar-refractivity contribution >= 4 is 17.3 Å². The van der Waals surface area contributed by atoms with Gasteiger partial charge in [-0.2, -0.15) is 0 Å². The van der Waals surface area contributed by atoms with Gasteiger partial charge in [-0.1, -0.05) is 0 Å². The second-order valence-corrected chi connectivity index (χ2v) is 6.20. The Bertz CT molecular complexity index is 593. The summed E-state index contributed by atoms with van der Waals surface area (Å²) in [4.78, 5) is 19.2. The van der Waals surface area contributed by atoms with Gasteiger partial charge in [0.2, 0.25) is 5.95 Å². The number of aromatic nitrogens is 3. The summed E-state index contributed by atoms with van der Waals surface area (Å²) in [5, 5.41) is 0. The largest absolute Gasteiger partial charge is 0.340 e. The van der Waals surface area contributed by atoms with Crippen LogP contribution in [0.25, 0.3) is 10.6 Å². The summed E-state index contributed by atoms with van der Waals surface area (Å²) in [6.45, 7) is 8.99. The molecule has 114 valence electrons. The number of hydrogen-bond donors (Lipinski definition) is 0. The minimum Gasteiger partial charge on any atom is -0.340 e. The monoisotopic (exact) mass is 305 g/mol. The van der Waals surface area contributed by atoms with E-state index in [-0.39, 0.29) is 0 Å². The van der Waals surface area contributed by atoms with E-state index in [4.69, 9.17) is 4.98 Å². The molecule has 0 radical (unpaired) electrons. The normalized spacial score (nSPS) is 11.1. The summed E-state index contributed by atoms with van der Waals surface area (Å²) in [5.41, 5.74) is 4.86. The van der Waals surface area contributed by atoms with E-state index in [1.807, 2.05) is 25.4 Å². The second-order valence-electron chi connectivity index (χ2n) is 5.34. The summed E-state index contributed by atoms with van der Waals surface area (Å²) < 4.78 is 0. The van der Waals surface area contributed by atoms with Crippen molar-refractivity contribution in [1.29, 1.82) is 0 Å². The molecule has 21 heavy (non-hydrogen) atoms. The van der Waals surface area contributed by atoms with Gasteiger partial charge in [-0.15, -0.1) is 11.3 Å². The molecule has 2 aromatic rings. The topological polar surface area (TPSA) is 45.2 Å². The van der Waals surface area contributed by atoms with Gasteiger partial charge >= 0.3 is 0 Å². The first kappa shape index (κ1) is 15.9. The second kappa shape index (κ2) is 6.95. The fourth-order valence-electron chi connectivity index (χ4n) is 2.08. The van der Waals surface area contributed by atoms with Crippen LogP contribution in [0.4, 0.5) is 5.95 Å². The Morgan fingerprint density at radius 1 is 1.14 bits per heavy atom. The highest BCUT2D eigenvalue weighted by Gasteiger charge is 2.13. The molecule has 0 aromatic carbocycles. The molecule has 2 rings (SSSR count). The third-order valence-electron chi connectivity index (χ3n) is 3.30. The zero-order valence-corrected chi connectivity index (χ0v) is 14.2. The standard InChI is InChI=1S/C15H23N5S/c1-6-20(8-7-19(4)5)15-17-11(2)9-13(18-15)14-12(3)16-10-21-14/h9-10H,6-8H2,1-5H3. The van der Waals surface area contributed by atoms with Crippen molar-refractivity contribution < 1.29 is 0 Å². The molecule has 0 bridgehead atoms. The minimum atomic E-state index is 0.808. The van der Waals surface area contributed by atoms with Crippen molar-refractivity contribution in [1.82, 2.24) is 19.9 Å². The van der Waals surface area contributed by atoms with Gasteiger partial charge in [-0.05, 0) is 40.9 Å². The lowest BCUT2D eigenvalue weighted by Gasteiger charge is -2.23. The zero-order valence-electron chi connectivity index (χ0n) is 13.4. The van der Waals surface area contributed by atoms with Gasteiger partial charge in [-0.25, -0.2) is 15.0 Å². The Hall–Kier alpha value is -1.53. The van der Waals surface area contributed by atoms with Crippen LogP contribution in [0.3, 0.4) is 0 Å². The number of likely N-dealkylation sites (N-methyl/N-ethyl adjacent to an activating group) is 2. The average Bonchev–Trinajstić information content (AvgIpc) is 2.85. The summed E-state index contributed by atoms with van der Waals surface area (Å²) in [5.74, 6) is 0.808. The van der Waals surface area contributed by atoms with Crippen LogP contribution in [0.15, 0.2) is 11.6 Å². The Balaban J connectivity index is 2.31. The molecule has 0 saturated heterocycles. The van der Waals surface area contributed by atoms with Gasteiger partial charge in [-0.3, -0.25) is 0 Å². The Morgan fingerprint density at radius 2 is 1.90 bits per heavy atom. The lowest BCUT2D eigenvalue weighted by atomic mass is 10.2. The van der Waals surface area contributed by atoms with E-state index in [1.165, 1.54) is 0 Å². The van der Waals surface area contributed by atoms with Gasteiger partial charge in [0.25, 0.3) is 0 Å². The number of anilines is 1. The molecule has 0 aliphatic heterocycles. The van der Waals surface area contributed by atoms with E-state index in [0.29, 0.717) is 0 Å². The molecule has 2 aromatic heterocycles. The Labute approximate surface area is 130 Å². The van der Waals surface area contributed by atoms with Crippen LogP contribution in [-0.2, 0) is 0 Å². The van der Waals surface area contributed by atoms with E-state index in [1.54, 1.807) is 11.3 Å². The summed E-state index contributed by atoms with van der Waals surface area (Å²) >= 11 is 1.63. The van der Waals surface area contributed by atoms with E-state index in [9.17, 15) is 0 Å². The van der Waals surface area contributed by atoms with E-state index in [2.05, 4.69) is 40.8 Å². The molecule has 2 heterocycles. The molecule has 0 atom stereocenters. The summed E-state index contributed by atoms with van der Waals surface area (Å²) in [6.07, 6.45) is 0. The molecular formula is C15H23N5S. The van der Waals surface area contributed by atoms with Gasteiger partial charge in [0, 0.05) is 25.3 Å². The summed E-state index contributed by atoms with van der Waals surface area (Å²) in [7, 11) is 4.16. The fourth-order valence-corrected chi connectivity index (χ4v) is 2.84. The third-order valence-corrected chi connectivity index (χ3v) is 4.25. The van der Waals surface area contributed by atoms with Crippen molar-refractivity contribution in [2.75, 3.05) is 38.6 Å². The number of rotatable bonds is 6. The SMILES string of the molecule is CCN(CCN(C)C)c1nc(C)cc(-c2scnc2C)n1. The number of hydrogen-bond acceptors (Lipinski definition) is 6. The molecule has 5 nitrogen and oxygen atoms in total. The van der Waals surface area contributed by atoms with Crippen LogP contribution in [0, 0.1) is 13.8 Å². The number of nitrogens with zero attached hydrogens (tertiary/aromatic N) is 5. The lowest BCUT2D eigenvalue weighted by molar-refractivity contribution is 0.413. The van der Waals surface area contributed by atoms with Crippen LogP contribution in [0.5, 0.6) is 0 Å². The van der Waals surface area contributed by atoms with E-state index < -0.39 is 0 Å². The first-order valence-corrected chi connectivity index (χ1v) is 8.05. The molecule has 0 aliphatic rings. The minimum absolute atomic E-state index is 0.808. The lowest BCUT2D eigenvalue weighted by Crippen LogP contribution is -2.33. The first-order valence-electron chi connectivity index (χ1n) is 7.17. The first-order chi connectivity index (χ1) is 10.0. The quantitative estimate of drug-likeness (QED) is 0.821. The molecule has 0 spiro atoms. The van der Waals surface area contributed by atoms with Gasteiger partial charge in [0.05, 0.1) is 21.8 Å². The molecule has 6 heteroatoms. The Morgan fingerprint density at radius 3 is 2.48 bits per heavy atom. The van der Waals surface area contributed by atoms with Crippen LogP contribution in [0.2, 0.25) is 0 Å². The maximum atomic E-state index is 4.75. The molecule has 0 unspecified atom stereocenters. The van der Waals surface area contributed by atoms with Crippen molar-refractivity contribution in [3.63, 3.8) is 0 Å². The molecule has 0 aliphatic carbocycles. The average molecular weight is 305 g/mol. The maximum Gasteiger partial charge on any atom is 0.226 e. The molecule has 0 saturated carbocycles. The zero-order chi connectivity index (χ0) is 15.4. The van der Waals surface area contributed by atoms with Crippen molar-refractivity contribution in [3.8, 4) is 10.6 Å². The van der Waals surface area contributed by atoms with Crippen LogP contribution >= 0.6 is 11.3 Å². The molecule has 0 N–H and O–H groups in total. The van der Waals surface area contributed by atoms with Crippen LogP contribution in [-0.4, -0.2) is 53.6 Å². The maximum absolute atomic E-state index is 4.75. The smallest absolute Gasteiger partial charge is 0.226 e. The van der Waals surface area contributed by atoms with Crippen molar-refractivity contribution in [3.05, 3.63) is 23.0 Å². The van der Waals surface area contributed by atoms with Crippen LogP contribution < -0.4 is 4.90 Å². The van der Waals surface area contributed by atoms with Gasteiger partial charge in [0.1, 0.15) is 0 Å². The van der Waals surface area contributed by atoms with E-state index >= 15 is 0 Å². The highest BCUT2D eigenvalue weighted by atomic mass is 32.1. The predicted octanol–water partition coefficient (Wildman–Crippen LogP) is 2.60. The summed E-state index contributed by atoms with van der Waals surface area (Å²) in [6, 6.07) is 2.03. The van der Waals surface area contributed by atoms with Crippen molar-refractivity contribution in [2.24, 2.45) is 0 Å². The molecule has 0 fully saturated rings. The van der Waals surface area contributed by atoms with Gasteiger partial charge < -0.3 is 9.80 Å². The van der Waals surface area contributed by atoms with Crippen molar-refractivity contribution in [2.45, 2.75) is 20.8 Å². The van der Waals surface area contributed by atoms with Gasteiger partial charge in [0.15, 0.2) is 0 Å². The highest BCUT2D eigenvalue weighted by molar-refractivity contribution is 7.13. The predicted molar refractivity (Wildman–Crippen MR) is 89.1 cm³/mol. The Kier molecular flexibility index (Phi) is 5.25. The third kappa shape index (κ3) is 3.98. The van der Waals surface area contributed by atoms with Crippen LogP contribution in [0.1, 0.15) is 18.3 Å².